The third kappa shape index (κ3) is 3.62. The van der Waals surface area contributed by atoms with Crippen molar-refractivity contribution in [1.82, 2.24) is 0 Å². The van der Waals surface area contributed by atoms with E-state index in [2.05, 4.69) is 5.32 Å². The molecule has 0 atom stereocenters. The zero-order valence-corrected chi connectivity index (χ0v) is 8.82. The molecule has 1 aromatic rings. The molecule has 0 aliphatic heterocycles. The first-order valence-electron chi connectivity index (χ1n) is 4.67. The molecule has 1 rings (SSSR count). The van der Waals surface area contributed by atoms with Crippen molar-refractivity contribution in [3.8, 4) is 0 Å². The molecule has 0 aromatic heterocycles. The minimum absolute atomic E-state index is 0.0312. The van der Waals surface area contributed by atoms with Crippen LogP contribution in [0.1, 0.15) is 10.4 Å². The topological polar surface area (TPSA) is 69.2 Å². The number of hydrogen-bond donors (Lipinski definition) is 1. The van der Waals surface area contributed by atoms with Crippen LogP contribution in [-0.4, -0.2) is 17.9 Å². The van der Waals surface area contributed by atoms with E-state index >= 15 is 0 Å². The van der Waals surface area contributed by atoms with Crippen molar-refractivity contribution < 1.29 is 27.9 Å². The number of alkyl halides is 3. The Morgan fingerprint density at radius 3 is 2.39 bits per heavy atom. The summed E-state index contributed by atoms with van der Waals surface area (Å²) in [7, 11) is 0. The Labute approximate surface area is 99.7 Å². The van der Waals surface area contributed by atoms with Crippen molar-refractivity contribution in [2.45, 2.75) is 6.18 Å². The molecule has 0 amide bonds. The molecule has 4 nitrogen and oxygen atoms in total. The largest absolute Gasteiger partial charge is 0.545 e. The van der Waals surface area contributed by atoms with Gasteiger partial charge >= 0.3 is 6.18 Å². The molecule has 1 aromatic carbocycles. The van der Waals surface area contributed by atoms with Crippen molar-refractivity contribution in [2.75, 3.05) is 5.32 Å². The summed E-state index contributed by atoms with van der Waals surface area (Å²) in [6.45, 7) is 0. The van der Waals surface area contributed by atoms with Gasteiger partial charge in [0.1, 0.15) is 0 Å². The number of carboxylic acids is 1. The van der Waals surface area contributed by atoms with Crippen LogP contribution in [0.25, 0.3) is 0 Å². The van der Waals surface area contributed by atoms with Gasteiger partial charge in [-0.2, -0.15) is 13.2 Å². The van der Waals surface area contributed by atoms with Gasteiger partial charge in [0.05, 0.1) is 5.97 Å². The van der Waals surface area contributed by atoms with E-state index in [9.17, 15) is 27.9 Å². The molecule has 18 heavy (non-hydrogen) atoms. The fourth-order valence-electron chi connectivity index (χ4n) is 1.09. The molecule has 0 radical (unpaired) electrons. The summed E-state index contributed by atoms with van der Waals surface area (Å²) in [6, 6.07) is 5.46. The SMILES string of the molecule is O=C([O-])c1ccccc1N/C=C/C(=O)C(F)(F)F. The number of allylic oxidation sites excluding steroid dienone is 1. The van der Waals surface area contributed by atoms with Gasteiger partial charge in [-0.25, -0.2) is 0 Å². The summed E-state index contributed by atoms with van der Waals surface area (Å²) >= 11 is 0. The van der Waals surface area contributed by atoms with Crippen LogP contribution in [0.2, 0.25) is 0 Å². The number of carbonyl (C=O) groups is 2. The third-order valence-electron chi connectivity index (χ3n) is 1.90. The fraction of sp³-hybridized carbons (Fsp3) is 0.0909. The van der Waals surface area contributed by atoms with E-state index in [1.54, 1.807) is 0 Å². The highest BCUT2D eigenvalue weighted by molar-refractivity contribution is 5.95. The Kier molecular flexibility index (Phi) is 4.09. The lowest BCUT2D eigenvalue weighted by Gasteiger charge is -2.09. The first-order valence-corrected chi connectivity index (χ1v) is 4.67. The molecule has 0 spiro atoms. The molecule has 0 aliphatic rings. The number of benzene rings is 1. The monoisotopic (exact) mass is 258 g/mol. The van der Waals surface area contributed by atoms with Crippen LogP contribution in [0, 0.1) is 0 Å². The van der Waals surface area contributed by atoms with Crippen LogP contribution in [0.3, 0.4) is 0 Å². The second-order valence-electron chi connectivity index (χ2n) is 3.17. The maximum atomic E-state index is 11.8. The van der Waals surface area contributed by atoms with Crippen LogP contribution in [0.15, 0.2) is 36.5 Å². The molecule has 1 N–H and O–H groups in total. The van der Waals surface area contributed by atoms with Gasteiger partial charge in [0.15, 0.2) is 0 Å². The van der Waals surface area contributed by atoms with Crippen molar-refractivity contribution in [1.29, 1.82) is 0 Å². The number of ketones is 1. The molecule has 0 bridgehead atoms. The van der Waals surface area contributed by atoms with E-state index in [0.29, 0.717) is 0 Å². The van der Waals surface area contributed by atoms with E-state index in [4.69, 9.17) is 0 Å². The number of anilines is 1. The van der Waals surface area contributed by atoms with E-state index in [0.717, 1.165) is 6.20 Å². The Morgan fingerprint density at radius 2 is 1.83 bits per heavy atom. The van der Waals surface area contributed by atoms with Gasteiger partial charge in [-0.1, -0.05) is 18.2 Å². The van der Waals surface area contributed by atoms with Gasteiger partial charge in [-0.15, -0.1) is 0 Å². The van der Waals surface area contributed by atoms with Crippen LogP contribution in [0.4, 0.5) is 18.9 Å². The highest BCUT2D eigenvalue weighted by atomic mass is 19.4. The number of carbonyl (C=O) groups excluding carboxylic acids is 2. The molecule has 0 aliphatic carbocycles. The normalized spacial score (nSPS) is 11.5. The Balaban J connectivity index is 2.79. The average molecular weight is 258 g/mol. The standard InChI is InChI=1S/C11H8F3NO3/c12-11(13,14)9(16)5-6-15-8-4-2-1-3-7(8)10(17)18/h1-6,15H,(H,17,18)/p-1/b6-5+. The number of hydrogen-bond acceptors (Lipinski definition) is 4. The number of rotatable bonds is 4. The molecule has 0 saturated heterocycles. The molecule has 0 fully saturated rings. The van der Waals surface area contributed by atoms with Gasteiger partial charge in [-0.05, 0) is 6.07 Å². The van der Waals surface area contributed by atoms with E-state index < -0.39 is 17.9 Å². The third-order valence-corrected chi connectivity index (χ3v) is 1.90. The lowest BCUT2D eigenvalue weighted by molar-refractivity contribution is -0.254. The Bertz CT molecular complexity index is 495. The number of nitrogens with one attached hydrogen (secondary N) is 1. The number of carboxylic acid groups (broad SMARTS) is 1. The molecular formula is C11H7F3NO3-. The van der Waals surface area contributed by atoms with Gasteiger partial charge in [0, 0.05) is 23.5 Å². The smallest absolute Gasteiger partial charge is 0.454 e. The first-order chi connectivity index (χ1) is 8.32. The molecule has 0 unspecified atom stereocenters. The lowest BCUT2D eigenvalue weighted by Crippen LogP contribution is -2.23. The summed E-state index contributed by atoms with van der Waals surface area (Å²) in [6.07, 6.45) is -3.96. The number of aromatic carboxylic acids is 1. The van der Waals surface area contributed by atoms with Gasteiger partial charge < -0.3 is 15.2 Å². The fourth-order valence-corrected chi connectivity index (χ4v) is 1.09. The van der Waals surface area contributed by atoms with Crippen molar-refractivity contribution in [2.24, 2.45) is 0 Å². The highest BCUT2D eigenvalue weighted by Gasteiger charge is 2.35. The molecular weight excluding hydrogens is 251 g/mol. The van der Waals surface area contributed by atoms with E-state index in [1.807, 2.05) is 0 Å². The maximum Gasteiger partial charge on any atom is 0.454 e. The van der Waals surface area contributed by atoms with Gasteiger partial charge in [0.2, 0.25) is 0 Å². The molecule has 0 heterocycles. The zero-order chi connectivity index (χ0) is 13.8. The highest BCUT2D eigenvalue weighted by Crippen LogP contribution is 2.17. The van der Waals surface area contributed by atoms with E-state index in [-0.39, 0.29) is 17.3 Å². The molecule has 0 saturated carbocycles. The zero-order valence-electron chi connectivity index (χ0n) is 8.82. The summed E-state index contributed by atoms with van der Waals surface area (Å²) in [5, 5.41) is 12.9. The Hall–Kier alpha value is -2.31. The van der Waals surface area contributed by atoms with Crippen LogP contribution < -0.4 is 10.4 Å². The quantitative estimate of drug-likeness (QED) is 0.821. The van der Waals surface area contributed by atoms with Crippen LogP contribution in [-0.2, 0) is 4.79 Å². The predicted octanol–water partition coefficient (Wildman–Crippen LogP) is 1.11. The number of halogens is 3. The summed E-state index contributed by atoms with van der Waals surface area (Å²) < 4.78 is 35.5. The molecule has 96 valence electrons. The van der Waals surface area contributed by atoms with Crippen molar-refractivity contribution in [3.05, 3.63) is 42.1 Å². The van der Waals surface area contributed by atoms with Gasteiger partial charge in [-0.3, -0.25) is 4.79 Å². The Morgan fingerprint density at radius 1 is 1.22 bits per heavy atom. The summed E-state index contributed by atoms with van der Waals surface area (Å²) in [5.41, 5.74) is -0.190. The maximum absolute atomic E-state index is 11.8. The first kappa shape index (κ1) is 13.8. The lowest BCUT2D eigenvalue weighted by atomic mass is 10.2. The van der Waals surface area contributed by atoms with Gasteiger partial charge in [0.25, 0.3) is 5.78 Å². The second-order valence-corrected chi connectivity index (χ2v) is 3.17. The molecule has 7 heteroatoms. The second kappa shape index (κ2) is 5.35. The van der Waals surface area contributed by atoms with E-state index in [1.165, 1.54) is 24.3 Å². The van der Waals surface area contributed by atoms with Crippen molar-refractivity contribution in [3.63, 3.8) is 0 Å². The predicted molar refractivity (Wildman–Crippen MR) is 54.6 cm³/mol. The average Bonchev–Trinajstić information content (AvgIpc) is 2.28. The van der Waals surface area contributed by atoms with Crippen LogP contribution >= 0.6 is 0 Å². The number of para-hydroxylation sites is 1. The van der Waals surface area contributed by atoms with Crippen molar-refractivity contribution >= 4 is 17.4 Å². The summed E-state index contributed by atoms with van der Waals surface area (Å²) in [4.78, 5) is 21.1. The minimum Gasteiger partial charge on any atom is -0.545 e. The summed E-state index contributed by atoms with van der Waals surface area (Å²) in [5.74, 6) is -3.52. The minimum atomic E-state index is -4.95. The van der Waals surface area contributed by atoms with Crippen LogP contribution in [0.5, 0.6) is 0 Å².